The summed E-state index contributed by atoms with van der Waals surface area (Å²) >= 11 is -2.66. The van der Waals surface area contributed by atoms with Gasteiger partial charge in [0.15, 0.2) is 0 Å². The van der Waals surface area contributed by atoms with Crippen molar-refractivity contribution in [3.8, 4) is 0 Å². The molecule has 0 bridgehead atoms. The van der Waals surface area contributed by atoms with Gasteiger partial charge in [-0.1, -0.05) is 0 Å². The van der Waals surface area contributed by atoms with Crippen LogP contribution in [0.15, 0.2) is 12.2 Å². The van der Waals surface area contributed by atoms with Gasteiger partial charge >= 0.3 is 17.3 Å². The number of carbonyl (C=O) groups excluding carboxylic acids is 2. The Balaban J connectivity index is 3.88. The summed E-state index contributed by atoms with van der Waals surface area (Å²) in [6.07, 6.45) is 1.37. The summed E-state index contributed by atoms with van der Waals surface area (Å²) in [6, 6.07) is 0. The monoisotopic (exact) mass is 179 g/mol. The average Bonchev–Trinajstić information content (AvgIpc) is 1.82. The van der Waals surface area contributed by atoms with Crippen molar-refractivity contribution >= 4 is 23.2 Å². The number of amides is 1. The number of carbonyl (C=O) groups is 2. The van der Waals surface area contributed by atoms with Crippen LogP contribution in [0.3, 0.4) is 0 Å². The molecule has 0 saturated carbocycles. The van der Waals surface area contributed by atoms with Gasteiger partial charge in [-0.3, -0.25) is 9.35 Å². The molecule has 0 aromatic rings. The van der Waals surface area contributed by atoms with Crippen LogP contribution in [0.25, 0.3) is 0 Å². The molecule has 1 unspecified atom stereocenters. The first kappa shape index (κ1) is 9.79. The second kappa shape index (κ2) is 4.58. The Labute approximate surface area is 64.5 Å². The third-order valence-electron chi connectivity index (χ3n) is 0.537. The lowest BCUT2D eigenvalue weighted by atomic mass is 10.5. The Morgan fingerprint density at radius 1 is 1.45 bits per heavy atom. The summed E-state index contributed by atoms with van der Waals surface area (Å²) in [5.74, 6) is -1.95. The van der Waals surface area contributed by atoms with E-state index in [1.54, 1.807) is 0 Å². The lowest BCUT2D eigenvalue weighted by molar-refractivity contribution is -0.128. The molecule has 1 atom stereocenters. The minimum Gasteiger partial charge on any atom is -0.366 e. The highest BCUT2D eigenvalue weighted by atomic mass is 32.2. The number of nitrogens with two attached hydrogens (primary N) is 1. The average molecular weight is 179 g/mol. The van der Waals surface area contributed by atoms with Crippen LogP contribution in [0, 0.1) is 0 Å². The van der Waals surface area contributed by atoms with Crippen LogP contribution in [-0.4, -0.2) is 20.6 Å². The Morgan fingerprint density at radius 3 is 2.36 bits per heavy atom. The number of hydrogen-bond donors (Lipinski definition) is 2. The first-order valence-electron chi connectivity index (χ1n) is 2.33. The van der Waals surface area contributed by atoms with Crippen molar-refractivity contribution in [3.63, 3.8) is 0 Å². The van der Waals surface area contributed by atoms with Crippen molar-refractivity contribution in [1.82, 2.24) is 0 Å². The van der Waals surface area contributed by atoms with Crippen molar-refractivity contribution in [1.29, 1.82) is 0 Å². The Morgan fingerprint density at radius 2 is 2.00 bits per heavy atom. The van der Waals surface area contributed by atoms with Crippen LogP contribution in [0.4, 0.5) is 0 Å². The summed E-state index contributed by atoms with van der Waals surface area (Å²) < 4.78 is 21.4. The van der Waals surface area contributed by atoms with Gasteiger partial charge in [-0.2, -0.15) is 4.21 Å². The van der Waals surface area contributed by atoms with E-state index in [-0.39, 0.29) is 0 Å². The molecule has 0 fully saturated rings. The lowest BCUT2D eigenvalue weighted by Crippen LogP contribution is -2.08. The van der Waals surface area contributed by atoms with Gasteiger partial charge in [0.1, 0.15) is 0 Å². The van der Waals surface area contributed by atoms with E-state index >= 15 is 0 Å². The van der Waals surface area contributed by atoms with Gasteiger partial charge in [0, 0.05) is 12.2 Å². The summed E-state index contributed by atoms with van der Waals surface area (Å²) in [4.78, 5) is 20.3. The molecule has 6 nitrogen and oxygen atoms in total. The van der Waals surface area contributed by atoms with Crippen LogP contribution in [0.1, 0.15) is 0 Å². The zero-order valence-electron chi connectivity index (χ0n) is 5.22. The van der Waals surface area contributed by atoms with E-state index in [4.69, 9.17) is 4.55 Å². The summed E-state index contributed by atoms with van der Waals surface area (Å²) in [7, 11) is 0. The number of hydrogen-bond acceptors (Lipinski definition) is 4. The van der Waals surface area contributed by atoms with Gasteiger partial charge in [-0.05, 0) is 0 Å². The van der Waals surface area contributed by atoms with E-state index in [0.717, 1.165) is 6.08 Å². The first-order valence-corrected chi connectivity index (χ1v) is 3.36. The minimum atomic E-state index is -2.66. The molecule has 0 aliphatic carbocycles. The molecule has 7 heteroatoms. The fourth-order valence-electron chi connectivity index (χ4n) is 0.248. The topological polar surface area (TPSA) is 107 Å². The Kier molecular flexibility index (Phi) is 4.08. The molecule has 0 rings (SSSR count). The summed E-state index contributed by atoms with van der Waals surface area (Å²) in [6.45, 7) is 0. The molecule has 0 spiro atoms. The van der Waals surface area contributed by atoms with Crippen molar-refractivity contribution in [2.45, 2.75) is 0 Å². The molecule has 11 heavy (non-hydrogen) atoms. The molecular weight excluding hydrogens is 174 g/mol. The molecule has 0 aliphatic heterocycles. The highest BCUT2D eigenvalue weighted by Gasteiger charge is 2.00. The molecule has 0 aliphatic rings. The molecule has 0 saturated heterocycles. The van der Waals surface area contributed by atoms with Crippen LogP contribution in [0.5, 0.6) is 0 Å². The number of primary amides is 1. The van der Waals surface area contributed by atoms with Gasteiger partial charge in [0.25, 0.3) is 0 Å². The van der Waals surface area contributed by atoms with E-state index in [0.29, 0.717) is 6.08 Å². The van der Waals surface area contributed by atoms with E-state index in [2.05, 4.69) is 9.92 Å². The van der Waals surface area contributed by atoms with Gasteiger partial charge in [0.2, 0.25) is 5.91 Å². The molecule has 0 aromatic carbocycles. The quantitative estimate of drug-likeness (QED) is 0.414. The standard InChI is InChI=1S/C4H5NO5S/c5-3(6)1-2-4(7)10-11(8)9/h1-2H,(H2,5,6)(H,8,9)/b2-1-. The second-order valence-electron chi connectivity index (χ2n) is 1.36. The zero-order chi connectivity index (χ0) is 8.85. The maximum atomic E-state index is 10.3. The summed E-state index contributed by atoms with van der Waals surface area (Å²) in [5.41, 5.74) is 4.60. The van der Waals surface area contributed by atoms with Gasteiger partial charge in [-0.15, -0.1) is 0 Å². The Bertz CT molecular complexity index is 223. The fraction of sp³-hybridized carbons (Fsp3) is 0. The van der Waals surface area contributed by atoms with E-state index in [9.17, 15) is 13.8 Å². The van der Waals surface area contributed by atoms with Crippen molar-refractivity contribution in [2.75, 3.05) is 0 Å². The van der Waals surface area contributed by atoms with E-state index in [1.807, 2.05) is 0 Å². The van der Waals surface area contributed by atoms with Gasteiger partial charge in [0.05, 0.1) is 0 Å². The smallest absolute Gasteiger partial charge is 0.360 e. The zero-order valence-corrected chi connectivity index (χ0v) is 6.04. The molecule has 62 valence electrons. The van der Waals surface area contributed by atoms with E-state index in [1.165, 1.54) is 0 Å². The molecule has 1 amide bonds. The second-order valence-corrected chi connectivity index (χ2v) is 1.96. The van der Waals surface area contributed by atoms with Crippen LogP contribution in [0.2, 0.25) is 0 Å². The molecular formula is C4H5NO5S. The largest absolute Gasteiger partial charge is 0.366 e. The molecule has 0 aromatic heterocycles. The minimum absolute atomic E-state index is 0.649. The predicted molar refractivity (Wildman–Crippen MR) is 35.2 cm³/mol. The van der Waals surface area contributed by atoms with Crippen molar-refractivity contribution < 1.29 is 22.5 Å². The summed E-state index contributed by atoms with van der Waals surface area (Å²) in [5, 5.41) is 0. The van der Waals surface area contributed by atoms with Gasteiger partial charge in [-0.25, -0.2) is 4.79 Å². The van der Waals surface area contributed by atoms with Crippen LogP contribution >= 0.6 is 0 Å². The van der Waals surface area contributed by atoms with Crippen molar-refractivity contribution in [2.24, 2.45) is 5.73 Å². The maximum absolute atomic E-state index is 10.3. The predicted octanol–water partition coefficient (Wildman–Crippen LogP) is -1.29. The van der Waals surface area contributed by atoms with Gasteiger partial charge < -0.3 is 9.92 Å². The maximum Gasteiger partial charge on any atom is 0.360 e. The third-order valence-corrected chi connectivity index (χ3v) is 0.844. The molecule has 3 N–H and O–H groups in total. The Hall–Kier alpha value is -1.21. The molecule has 0 heterocycles. The SMILES string of the molecule is NC(=O)/C=C\C(=O)OS(=O)O. The number of rotatable bonds is 3. The molecule has 0 radical (unpaired) electrons. The normalized spacial score (nSPS) is 12.8. The van der Waals surface area contributed by atoms with Crippen molar-refractivity contribution in [3.05, 3.63) is 12.2 Å². The third kappa shape index (κ3) is 6.68. The van der Waals surface area contributed by atoms with Crippen LogP contribution < -0.4 is 5.73 Å². The van der Waals surface area contributed by atoms with Crippen LogP contribution in [-0.2, 0) is 25.1 Å². The highest BCUT2D eigenvalue weighted by Crippen LogP contribution is 1.83. The lowest BCUT2D eigenvalue weighted by Gasteiger charge is -1.89. The first-order chi connectivity index (χ1) is 5.02. The highest BCUT2D eigenvalue weighted by molar-refractivity contribution is 7.74. The fourth-order valence-corrected chi connectivity index (χ4v) is 0.444. The van der Waals surface area contributed by atoms with E-state index < -0.39 is 23.2 Å².